The van der Waals surface area contributed by atoms with E-state index in [-0.39, 0.29) is 0 Å². The molecule has 0 bridgehead atoms. The first-order valence-corrected chi connectivity index (χ1v) is 7.86. The van der Waals surface area contributed by atoms with Crippen LogP contribution in [0.3, 0.4) is 0 Å². The minimum Gasteiger partial charge on any atom is -0.497 e. The van der Waals surface area contributed by atoms with E-state index in [0.717, 1.165) is 12.2 Å². The number of aromatic nitrogens is 2. The van der Waals surface area contributed by atoms with E-state index in [2.05, 4.69) is 23.1 Å². The quantitative estimate of drug-likeness (QED) is 0.284. The number of rotatable bonds is 11. The highest BCUT2D eigenvalue weighted by Crippen LogP contribution is 1.90. The van der Waals surface area contributed by atoms with Gasteiger partial charge in [-0.3, -0.25) is 15.4 Å². The predicted molar refractivity (Wildman–Crippen MR) is 97.4 cm³/mol. The zero-order valence-corrected chi connectivity index (χ0v) is 14.6. The molecule has 1 rings (SSSR count). The number of nitrogens with two attached hydrogens (primary N) is 1. The maximum absolute atomic E-state index is 5.49. The van der Waals surface area contributed by atoms with Gasteiger partial charge in [0.1, 0.15) is 19.5 Å². The molecule has 6 heteroatoms. The Morgan fingerprint density at radius 3 is 2.83 bits per heavy atom. The van der Waals surface area contributed by atoms with Gasteiger partial charge in [-0.1, -0.05) is 27.0 Å². The first-order chi connectivity index (χ1) is 11.8. The highest BCUT2D eigenvalue weighted by molar-refractivity contribution is 6.32. The molecule has 24 heavy (non-hydrogen) atoms. The third-order valence-corrected chi connectivity index (χ3v) is 2.60. The first kappa shape index (κ1) is 21.4. The lowest BCUT2D eigenvalue weighted by atomic mass is 10.4. The van der Waals surface area contributed by atoms with Crippen LogP contribution in [0.1, 0.15) is 19.5 Å². The van der Waals surface area contributed by atoms with Gasteiger partial charge in [-0.2, -0.15) is 4.57 Å². The molecule has 0 saturated heterocycles. The molecule has 0 aromatic carbocycles. The molecule has 1 heterocycles. The van der Waals surface area contributed by atoms with Crippen molar-refractivity contribution in [3.63, 3.8) is 0 Å². The average Bonchev–Trinajstić information content (AvgIpc) is 2.64. The third kappa shape index (κ3) is 10.2. The normalized spacial score (nSPS) is 10.2. The molecule has 0 amide bonds. The van der Waals surface area contributed by atoms with Gasteiger partial charge in [0.25, 0.3) is 0 Å². The SMILES string of the molecule is C=CC(=[NH2+])C=N/C=C\OCCOCC[n+]1ccncc1C=C.CC. The maximum atomic E-state index is 5.49. The summed E-state index contributed by atoms with van der Waals surface area (Å²) >= 11 is 0. The van der Waals surface area contributed by atoms with Crippen LogP contribution in [0, 0.1) is 0 Å². The molecule has 0 spiro atoms. The second-order valence-corrected chi connectivity index (χ2v) is 4.15. The number of ether oxygens (including phenoxy) is 2. The van der Waals surface area contributed by atoms with Gasteiger partial charge in [-0.25, -0.2) is 0 Å². The van der Waals surface area contributed by atoms with E-state index in [1.165, 1.54) is 24.8 Å². The van der Waals surface area contributed by atoms with Gasteiger partial charge in [0.05, 0.1) is 31.4 Å². The minimum atomic E-state index is 0.460. The molecule has 6 nitrogen and oxygen atoms in total. The molecule has 0 atom stereocenters. The van der Waals surface area contributed by atoms with Crippen LogP contribution >= 0.6 is 0 Å². The molecule has 0 fully saturated rings. The molecule has 1 aromatic heterocycles. The highest BCUT2D eigenvalue weighted by Gasteiger charge is 2.05. The van der Waals surface area contributed by atoms with Crippen LogP contribution in [0.25, 0.3) is 6.08 Å². The average molecular weight is 332 g/mol. The van der Waals surface area contributed by atoms with Gasteiger partial charge in [0.2, 0.25) is 11.4 Å². The summed E-state index contributed by atoms with van der Waals surface area (Å²) in [5.41, 5.74) is 1.46. The van der Waals surface area contributed by atoms with E-state index >= 15 is 0 Å². The van der Waals surface area contributed by atoms with Gasteiger partial charge >= 0.3 is 0 Å². The van der Waals surface area contributed by atoms with Crippen LogP contribution in [0.15, 0.2) is 55.3 Å². The van der Waals surface area contributed by atoms with Gasteiger partial charge in [-0.05, 0) is 0 Å². The van der Waals surface area contributed by atoms with E-state index in [0.29, 0.717) is 25.5 Å². The summed E-state index contributed by atoms with van der Waals surface area (Å²) in [6, 6.07) is 0. The van der Waals surface area contributed by atoms with Crippen LogP contribution in [0.2, 0.25) is 0 Å². The van der Waals surface area contributed by atoms with Crippen LogP contribution in [0.4, 0.5) is 0 Å². The third-order valence-electron chi connectivity index (χ3n) is 2.60. The Morgan fingerprint density at radius 1 is 1.33 bits per heavy atom. The molecule has 0 saturated carbocycles. The summed E-state index contributed by atoms with van der Waals surface area (Å²) in [5.74, 6) is 0. The van der Waals surface area contributed by atoms with E-state index in [1.807, 2.05) is 24.6 Å². The molecule has 2 N–H and O–H groups in total. The van der Waals surface area contributed by atoms with Crippen molar-refractivity contribution in [2.45, 2.75) is 20.4 Å². The van der Waals surface area contributed by atoms with Crippen molar-refractivity contribution in [2.24, 2.45) is 4.99 Å². The zero-order valence-electron chi connectivity index (χ0n) is 14.6. The van der Waals surface area contributed by atoms with Crippen LogP contribution in [0.5, 0.6) is 0 Å². The molecule has 0 radical (unpaired) electrons. The molecule has 0 unspecified atom stereocenters. The highest BCUT2D eigenvalue weighted by atomic mass is 16.5. The van der Waals surface area contributed by atoms with Crippen molar-refractivity contribution in [2.75, 3.05) is 19.8 Å². The van der Waals surface area contributed by atoms with E-state index in [9.17, 15) is 0 Å². The van der Waals surface area contributed by atoms with E-state index in [4.69, 9.17) is 14.9 Å². The zero-order chi connectivity index (χ0) is 18.0. The minimum absolute atomic E-state index is 0.460. The maximum Gasteiger partial charge on any atom is 0.223 e. The van der Waals surface area contributed by atoms with Crippen molar-refractivity contribution >= 4 is 18.0 Å². The van der Waals surface area contributed by atoms with Crippen LogP contribution < -0.4 is 9.98 Å². The fourth-order valence-corrected chi connectivity index (χ4v) is 1.47. The summed E-state index contributed by atoms with van der Waals surface area (Å²) in [4.78, 5) is 7.95. The molecule has 0 aliphatic heterocycles. The van der Waals surface area contributed by atoms with Crippen molar-refractivity contribution in [3.8, 4) is 0 Å². The number of hydrogen-bond donors (Lipinski definition) is 1. The Kier molecular flexibility index (Phi) is 13.6. The molecule has 1 aromatic rings. The smallest absolute Gasteiger partial charge is 0.223 e. The number of nitrogens with zero attached hydrogens (tertiary/aromatic N) is 3. The second-order valence-electron chi connectivity index (χ2n) is 4.15. The van der Waals surface area contributed by atoms with Gasteiger partial charge in [0, 0.05) is 12.2 Å². The Balaban J connectivity index is 0.00000254. The molecule has 130 valence electrons. The van der Waals surface area contributed by atoms with Crippen LogP contribution in [-0.2, 0) is 16.0 Å². The lowest BCUT2D eigenvalue weighted by Gasteiger charge is -2.03. The fourth-order valence-electron chi connectivity index (χ4n) is 1.47. The Hall–Kier alpha value is -2.60. The number of aliphatic imine (C=N–C) groups is 1. The lowest BCUT2D eigenvalue weighted by Crippen LogP contribution is -2.39. The summed E-state index contributed by atoms with van der Waals surface area (Å²) in [5, 5.41) is 5.48. The Labute approximate surface area is 144 Å². The molecular weight excluding hydrogens is 304 g/mol. The molecule has 0 aliphatic carbocycles. The van der Waals surface area contributed by atoms with Gasteiger partial charge in [0.15, 0.2) is 12.7 Å². The topological polar surface area (TPSA) is 73.2 Å². The first-order valence-electron chi connectivity index (χ1n) is 7.86. The number of hydrogen-bond acceptors (Lipinski definition) is 4. The summed E-state index contributed by atoms with van der Waals surface area (Å²) in [7, 11) is 0. The predicted octanol–water partition coefficient (Wildman–Crippen LogP) is 1.000. The van der Waals surface area contributed by atoms with E-state index in [1.54, 1.807) is 18.5 Å². The van der Waals surface area contributed by atoms with Gasteiger partial charge < -0.3 is 9.47 Å². The number of allylic oxidation sites excluding steroid dienone is 1. The Bertz CT molecular complexity index is 554. The fraction of sp³-hybridized carbons (Fsp3) is 0.333. The van der Waals surface area contributed by atoms with Crippen molar-refractivity contribution in [3.05, 3.63) is 56.0 Å². The van der Waals surface area contributed by atoms with Crippen molar-refractivity contribution in [1.29, 1.82) is 0 Å². The van der Waals surface area contributed by atoms with Crippen LogP contribution in [-0.4, -0.2) is 36.7 Å². The van der Waals surface area contributed by atoms with E-state index < -0.39 is 0 Å². The molecule has 0 aliphatic rings. The largest absolute Gasteiger partial charge is 0.497 e. The monoisotopic (exact) mass is 332 g/mol. The summed E-state index contributed by atoms with van der Waals surface area (Å²) < 4.78 is 12.7. The standard InChI is InChI=1S/C16H21N4O2.C2H6/c1-3-15(17)13-19-6-9-21-11-12-22-10-8-20-7-5-18-14-16(20)4-2;1-2/h3-7,9,13-14,17H,1-2,8,10-12H2;1-2H3/q+1;/p+1/b9-6-,17-15?,19-13?;. The second kappa shape index (κ2) is 15.3. The molecular formula is C18H28N4O2+2. The van der Waals surface area contributed by atoms with Crippen molar-refractivity contribution < 1.29 is 19.5 Å². The van der Waals surface area contributed by atoms with Crippen molar-refractivity contribution in [1.82, 2.24) is 4.98 Å². The summed E-state index contributed by atoms with van der Waals surface area (Å²) in [6.07, 6.45) is 13.2. The van der Waals surface area contributed by atoms with Gasteiger partial charge in [-0.15, -0.1) is 0 Å². The summed E-state index contributed by atoms with van der Waals surface area (Å²) in [6.45, 7) is 13.5. The Morgan fingerprint density at radius 2 is 2.12 bits per heavy atom. The lowest BCUT2D eigenvalue weighted by molar-refractivity contribution is -0.700.